The van der Waals surface area contributed by atoms with Gasteiger partial charge < -0.3 is 0 Å². The van der Waals surface area contributed by atoms with Gasteiger partial charge >= 0.3 is 0 Å². The fraction of sp³-hybridized carbons (Fsp3) is 0.538. The highest BCUT2D eigenvalue weighted by molar-refractivity contribution is 5.39. The molecule has 1 aromatic rings. The van der Waals surface area contributed by atoms with Crippen molar-refractivity contribution in [1.29, 1.82) is 0 Å². The summed E-state index contributed by atoms with van der Waals surface area (Å²) in [5, 5.41) is 0. The number of hydrogen-bond acceptors (Lipinski definition) is 0. The summed E-state index contributed by atoms with van der Waals surface area (Å²) in [6, 6.07) is 8.67. The predicted molar refractivity (Wildman–Crippen MR) is 114 cm³/mol. The van der Waals surface area contributed by atoms with Gasteiger partial charge in [-0.25, -0.2) is 0 Å². The van der Waals surface area contributed by atoms with Crippen molar-refractivity contribution in [2.45, 2.75) is 78.1 Å². The molecule has 0 nitrogen and oxygen atoms in total. The molecule has 1 aliphatic carbocycles. The molecule has 0 spiro atoms. The smallest absolute Gasteiger partial charge is 0.0249 e. The predicted octanol–water partition coefficient (Wildman–Crippen LogP) is 6.94. The maximum Gasteiger partial charge on any atom is 0.0249 e. The second-order valence-corrected chi connectivity index (χ2v) is 7.55. The molecule has 0 aliphatic heterocycles. The summed E-state index contributed by atoms with van der Waals surface area (Å²) >= 11 is 0. The van der Waals surface area contributed by atoms with E-state index in [4.69, 9.17) is 0 Å². The quantitative estimate of drug-likeness (QED) is 0.387. The lowest BCUT2D eigenvalue weighted by Gasteiger charge is -2.25. The second-order valence-electron chi connectivity index (χ2n) is 7.55. The Balaban J connectivity index is 1.73. The monoisotopic (exact) mass is 346 g/mol. The molecule has 0 bridgehead atoms. The third kappa shape index (κ3) is 7.97. The first-order valence-electron chi connectivity index (χ1n) is 10.6. The van der Waals surface area contributed by atoms with E-state index in [1.165, 1.54) is 69.8 Å². The molecule has 26 heavy (non-hydrogen) atoms. The molecular weight excluding hydrogens is 312 g/mol. The summed E-state index contributed by atoms with van der Waals surface area (Å²) in [7, 11) is 0. The van der Waals surface area contributed by atoms with E-state index in [0.29, 0.717) is 5.92 Å². The second kappa shape index (κ2) is 12.4. The summed E-state index contributed by atoms with van der Waals surface area (Å²) in [5.74, 6) is 14.5. The average Bonchev–Trinajstić information content (AvgIpc) is 2.67. The molecule has 0 heterocycles. The standard InChI is InChI=1S/C26H34/c1-3-5-8-12-24-19-21-26(22-20-24)14-10-7-6-9-13-25-17-15-23(11-4-2)16-18-25/h6-7,19-23,25H,3-5,8,11-12,15-18H2,1-2H3/b7-6+/t23-,25-. The van der Waals surface area contributed by atoms with Crippen molar-refractivity contribution >= 4 is 0 Å². The average molecular weight is 347 g/mol. The minimum atomic E-state index is 0.598. The molecule has 0 saturated heterocycles. The van der Waals surface area contributed by atoms with Gasteiger partial charge in [0.2, 0.25) is 0 Å². The molecule has 0 aromatic heterocycles. The van der Waals surface area contributed by atoms with Crippen LogP contribution < -0.4 is 0 Å². The van der Waals surface area contributed by atoms with E-state index < -0.39 is 0 Å². The van der Waals surface area contributed by atoms with Gasteiger partial charge in [0, 0.05) is 11.5 Å². The van der Waals surface area contributed by atoms with Gasteiger partial charge in [0.1, 0.15) is 0 Å². The van der Waals surface area contributed by atoms with Crippen LogP contribution in [0.15, 0.2) is 36.4 Å². The zero-order chi connectivity index (χ0) is 18.5. The van der Waals surface area contributed by atoms with E-state index in [1.807, 2.05) is 12.2 Å². The van der Waals surface area contributed by atoms with Gasteiger partial charge in [0.25, 0.3) is 0 Å². The minimum Gasteiger partial charge on any atom is -0.0951 e. The van der Waals surface area contributed by atoms with E-state index in [2.05, 4.69) is 61.8 Å². The maximum atomic E-state index is 3.41. The van der Waals surface area contributed by atoms with Crippen molar-refractivity contribution < 1.29 is 0 Å². The van der Waals surface area contributed by atoms with Crippen molar-refractivity contribution in [2.75, 3.05) is 0 Å². The number of hydrogen-bond donors (Lipinski definition) is 0. The lowest BCUT2D eigenvalue weighted by molar-refractivity contribution is 0.300. The summed E-state index contributed by atoms with van der Waals surface area (Å²) < 4.78 is 0. The molecule has 0 N–H and O–H groups in total. The van der Waals surface area contributed by atoms with Crippen LogP contribution >= 0.6 is 0 Å². The largest absolute Gasteiger partial charge is 0.0951 e. The van der Waals surface area contributed by atoms with Crippen molar-refractivity contribution in [3.63, 3.8) is 0 Å². The topological polar surface area (TPSA) is 0 Å². The molecule has 1 saturated carbocycles. The van der Waals surface area contributed by atoms with Crippen molar-refractivity contribution in [2.24, 2.45) is 11.8 Å². The zero-order valence-electron chi connectivity index (χ0n) is 16.7. The van der Waals surface area contributed by atoms with E-state index >= 15 is 0 Å². The molecule has 0 radical (unpaired) electrons. The third-order valence-electron chi connectivity index (χ3n) is 5.32. The molecule has 0 atom stereocenters. The Labute approximate surface area is 161 Å². The van der Waals surface area contributed by atoms with Crippen LogP contribution in [0.25, 0.3) is 0 Å². The van der Waals surface area contributed by atoms with Crippen LogP contribution in [-0.2, 0) is 6.42 Å². The Morgan fingerprint density at radius 2 is 1.62 bits per heavy atom. The van der Waals surface area contributed by atoms with Gasteiger partial charge in [-0.2, -0.15) is 0 Å². The maximum absolute atomic E-state index is 3.41. The Morgan fingerprint density at radius 3 is 2.31 bits per heavy atom. The minimum absolute atomic E-state index is 0.598. The van der Waals surface area contributed by atoms with Gasteiger partial charge in [0.15, 0.2) is 0 Å². The van der Waals surface area contributed by atoms with Crippen molar-refractivity contribution in [3.05, 3.63) is 47.5 Å². The zero-order valence-corrected chi connectivity index (χ0v) is 16.7. The van der Waals surface area contributed by atoms with Crippen LogP contribution in [-0.4, -0.2) is 0 Å². The van der Waals surface area contributed by atoms with Crippen LogP contribution in [0.4, 0.5) is 0 Å². The molecule has 138 valence electrons. The van der Waals surface area contributed by atoms with Gasteiger partial charge in [0.05, 0.1) is 0 Å². The van der Waals surface area contributed by atoms with Crippen LogP contribution in [0.1, 0.15) is 82.8 Å². The van der Waals surface area contributed by atoms with Crippen LogP contribution in [0.5, 0.6) is 0 Å². The lowest BCUT2D eigenvalue weighted by Crippen LogP contribution is -2.12. The molecule has 1 aromatic carbocycles. The first-order valence-corrected chi connectivity index (χ1v) is 10.6. The number of allylic oxidation sites excluding steroid dienone is 2. The first-order chi connectivity index (χ1) is 12.8. The molecule has 0 heteroatoms. The van der Waals surface area contributed by atoms with E-state index in [0.717, 1.165) is 11.5 Å². The van der Waals surface area contributed by atoms with Crippen molar-refractivity contribution in [3.8, 4) is 23.7 Å². The highest BCUT2D eigenvalue weighted by Crippen LogP contribution is 2.30. The highest BCUT2D eigenvalue weighted by Gasteiger charge is 2.18. The van der Waals surface area contributed by atoms with E-state index in [-0.39, 0.29) is 0 Å². The highest BCUT2D eigenvalue weighted by atomic mass is 14.2. The summed E-state index contributed by atoms with van der Waals surface area (Å²) in [6.07, 6.45) is 16.8. The third-order valence-corrected chi connectivity index (χ3v) is 5.32. The van der Waals surface area contributed by atoms with Crippen LogP contribution in [0, 0.1) is 35.5 Å². The Morgan fingerprint density at radius 1 is 0.885 bits per heavy atom. The van der Waals surface area contributed by atoms with Gasteiger partial charge in [-0.3, -0.25) is 0 Å². The lowest BCUT2D eigenvalue weighted by atomic mass is 9.80. The van der Waals surface area contributed by atoms with Gasteiger partial charge in [-0.15, -0.1) is 0 Å². The van der Waals surface area contributed by atoms with Crippen molar-refractivity contribution in [1.82, 2.24) is 0 Å². The number of aryl methyl sites for hydroxylation is 1. The van der Waals surface area contributed by atoms with Crippen LogP contribution in [0.2, 0.25) is 0 Å². The normalized spacial score (nSPS) is 19.5. The Hall–Kier alpha value is -1.92. The van der Waals surface area contributed by atoms with E-state index in [9.17, 15) is 0 Å². The molecular formula is C26H34. The summed E-state index contributed by atoms with van der Waals surface area (Å²) in [6.45, 7) is 4.54. The first kappa shape index (κ1) is 20.4. The van der Waals surface area contributed by atoms with Crippen LogP contribution in [0.3, 0.4) is 0 Å². The summed E-state index contributed by atoms with van der Waals surface area (Å²) in [5.41, 5.74) is 2.50. The molecule has 2 rings (SSSR count). The Kier molecular flexibility index (Phi) is 9.75. The fourth-order valence-electron chi connectivity index (χ4n) is 3.71. The molecule has 1 aliphatic rings. The summed E-state index contributed by atoms with van der Waals surface area (Å²) in [4.78, 5) is 0. The Bertz CT molecular complexity index is 646. The molecule has 0 amide bonds. The number of rotatable bonds is 6. The number of benzene rings is 1. The van der Waals surface area contributed by atoms with E-state index in [1.54, 1.807) is 0 Å². The molecule has 1 fully saturated rings. The SMILES string of the molecule is CCCCCc1ccc(C#C/C=C/C#C[C@H]2CC[C@H](CCC)CC2)cc1. The van der Waals surface area contributed by atoms with Gasteiger partial charge in [-0.05, 0) is 74.3 Å². The molecule has 0 unspecified atom stereocenters. The van der Waals surface area contributed by atoms with Gasteiger partial charge in [-0.1, -0.05) is 75.3 Å². The fourth-order valence-corrected chi connectivity index (χ4v) is 3.71. The number of unbranched alkanes of at least 4 members (excludes halogenated alkanes) is 2.